The van der Waals surface area contributed by atoms with Crippen molar-refractivity contribution in [1.82, 2.24) is 10.6 Å². The summed E-state index contributed by atoms with van der Waals surface area (Å²) < 4.78 is 43.3. The molecule has 1 atom stereocenters. The lowest BCUT2D eigenvalue weighted by molar-refractivity contribution is -0.0913. The zero-order valence-electron chi connectivity index (χ0n) is 16.9. The molecule has 28 heavy (non-hydrogen) atoms. The van der Waals surface area contributed by atoms with E-state index in [9.17, 15) is 13.2 Å². The highest BCUT2D eigenvalue weighted by molar-refractivity contribution is 5.24. The smallest absolute Gasteiger partial charge is 0.412 e. The van der Waals surface area contributed by atoms with Gasteiger partial charge in [-0.15, -0.1) is 0 Å². The number of nitrogens with one attached hydrogen (secondary N) is 2. The highest BCUT2D eigenvalue weighted by Gasteiger charge is 2.29. The van der Waals surface area contributed by atoms with E-state index in [1.54, 1.807) is 26.1 Å². The van der Waals surface area contributed by atoms with Crippen molar-refractivity contribution in [1.29, 1.82) is 0 Å². The molecule has 1 aromatic carbocycles. The molecule has 1 saturated heterocycles. The van der Waals surface area contributed by atoms with Gasteiger partial charge < -0.3 is 10.1 Å². The van der Waals surface area contributed by atoms with Gasteiger partial charge in [0.2, 0.25) is 0 Å². The Labute approximate surface area is 166 Å². The highest BCUT2D eigenvalue weighted by atomic mass is 19.4. The summed E-state index contributed by atoms with van der Waals surface area (Å²) in [4.78, 5) is 0. The third-order valence-corrected chi connectivity index (χ3v) is 4.10. The van der Waals surface area contributed by atoms with E-state index in [2.05, 4.69) is 10.6 Å². The van der Waals surface area contributed by atoms with Crippen LogP contribution < -0.4 is 10.6 Å². The molecule has 0 radical (unpaired) electrons. The molecule has 0 saturated carbocycles. The van der Waals surface area contributed by atoms with Crippen LogP contribution >= 0.6 is 0 Å². The van der Waals surface area contributed by atoms with Gasteiger partial charge in [-0.3, -0.25) is 5.32 Å². The number of rotatable bonds is 6. The molecule has 0 unspecified atom stereocenters. The molecular weight excluding hydrogens is 365 g/mol. The van der Waals surface area contributed by atoms with Crippen LogP contribution in [-0.4, -0.2) is 26.3 Å². The molecule has 1 aliphatic rings. The van der Waals surface area contributed by atoms with E-state index < -0.39 is 18.0 Å². The number of halogens is 3. The number of benzene rings is 1. The minimum atomic E-state index is -4.33. The minimum Gasteiger partial charge on any atom is -0.471 e. The van der Waals surface area contributed by atoms with Crippen molar-refractivity contribution in [2.45, 2.75) is 45.5 Å². The quantitative estimate of drug-likeness (QED) is 0.370. The predicted molar refractivity (Wildman–Crippen MR) is 109 cm³/mol. The number of ether oxygens (including phenoxy) is 1. The van der Waals surface area contributed by atoms with Crippen molar-refractivity contribution in [3.05, 3.63) is 71.5 Å². The maximum Gasteiger partial charge on any atom is 0.412 e. The highest BCUT2D eigenvalue weighted by Crippen LogP contribution is 2.25. The van der Waals surface area contributed by atoms with Crippen molar-refractivity contribution < 1.29 is 17.9 Å². The predicted octanol–water partition coefficient (Wildman–Crippen LogP) is 5.65. The van der Waals surface area contributed by atoms with Gasteiger partial charge in [0.25, 0.3) is 0 Å². The van der Waals surface area contributed by atoms with Crippen LogP contribution in [0.2, 0.25) is 0 Å². The molecule has 0 spiro atoms. The number of alkyl halides is 3. The Bertz CT molecular complexity index is 621. The van der Waals surface area contributed by atoms with Crippen LogP contribution in [0.3, 0.4) is 0 Å². The zero-order valence-corrected chi connectivity index (χ0v) is 16.9. The first kappa shape index (κ1) is 24.0. The van der Waals surface area contributed by atoms with Gasteiger partial charge in [0, 0.05) is 11.1 Å². The monoisotopic (exact) mass is 396 g/mol. The maximum atomic E-state index is 12.5. The summed E-state index contributed by atoms with van der Waals surface area (Å²) in [6.07, 6.45) is 5.09. The molecule has 0 bridgehead atoms. The van der Waals surface area contributed by atoms with E-state index in [0.29, 0.717) is 5.76 Å². The fourth-order valence-corrected chi connectivity index (χ4v) is 2.46. The zero-order chi connectivity index (χ0) is 20.8. The molecule has 1 aromatic rings. The summed E-state index contributed by atoms with van der Waals surface area (Å²) in [5.74, 6) is 0.342. The third-order valence-electron chi connectivity index (χ3n) is 4.10. The van der Waals surface area contributed by atoms with E-state index in [1.165, 1.54) is 38.4 Å². The molecule has 1 heterocycles. The van der Waals surface area contributed by atoms with E-state index >= 15 is 0 Å². The lowest BCUT2D eigenvalue weighted by Crippen LogP contribution is -2.21. The largest absolute Gasteiger partial charge is 0.471 e. The van der Waals surface area contributed by atoms with Crippen LogP contribution in [0.5, 0.6) is 0 Å². The van der Waals surface area contributed by atoms with Gasteiger partial charge in [-0.05, 0) is 59.0 Å². The lowest BCUT2D eigenvalue weighted by atomic mass is 10.2. The number of hydrogen-bond donors (Lipinski definition) is 2. The molecule has 0 aliphatic carbocycles. The van der Waals surface area contributed by atoms with E-state index in [1.807, 2.05) is 30.3 Å². The SMILES string of the molecule is C1CCNCC1.C\C=C/C(=C\C=C(/C)C(F)(F)F)O[C@H](NC)c1ccccc1. The molecule has 3 nitrogen and oxygen atoms in total. The normalized spacial score (nSPS) is 17.1. The van der Waals surface area contributed by atoms with Crippen molar-refractivity contribution in [3.8, 4) is 0 Å². The van der Waals surface area contributed by atoms with Gasteiger partial charge >= 0.3 is 6.18 Å². The van der Waals surface area contributed by atoms with E-state index in [0.717, 1.165) is 18.6 Å². The molecule has 0 aromatic heterocycles. The Kier molecular flexibility index (Phi) is 11.3. The molecule has 2 N–H and O–H groups in total. The Morgan fingerprint density at radius 3 is 2.18 bits per heavy atom. The number of allylic oxidation sites excluding steroid dienone is 5. The summed E-state index contributed by atoms with van der Waals surface area (Å²) in [5, 5.41) is 6.27. The molecule has 1 aliphatic heterocycles. The molecule has 0 amide bonds. The fraction of sp³-hybridized carbons (Fsp3) is 0.455. The van der Waals surface area contributed by atoms with E-state index in [-0.39, 0.29) is 0 Å². The summed E-state index contributed by atoms with van der Waals surface area (Å²) in [6, 6.07) is 9.39. The molecule has 2 rings (SSSR count). The molecule has 1 fully saturated rings. The van der Waals surface area contributed by atoms with E-state index in [4.69, 9.17) is 4.74 Å². The van der Waals surface area contributed by atoms with Gasteiger partial charge in [0.05, 0.1) is 0 Å². The Morgan fingerprint density at radius 2 is 1.75 bits per heavy atom. The summed E-state index contributed by atoms with van der Waals surface area (Å²) >= 11 is 0. The van der Waals surface area contributed by atoms with Gasteiger partial charge in [-0.25, -0.2) is 0 Å². The second kappa shape index (κ2) is 13.2. The van der Waals surface area contributed by atoms with Crippen LogP contribution in [0.4, 0.5) is 13.2 Å². The number of hydrogen-bond acceptors (Lipinski definition) is 3. The summed E-state index contributed by atoms with van der Waals surface area (Å²) in [7, 11) is 1.72. The van der Waals surface area contributed by atoms with Crippen molar-refractivity contribution in [2.24, 2.45) is 0 Å². The molecule has 6 heteroatoms. The Balaban J connectivity index is 0.000000552. The van der Waals surface area contributed by atoms with Gasteiger partial charge in [-0.1, -0.05) is 48.9 Å². The van der Waals surface area contributed by atoms with Crippen LogP contribution in [-0.2, 0) is 4.74 Å². The van der Waals surface area contributed by atoms with Crippen molar-refractivity contribution in [3.63, 3.8) is 0 Å². The first-order valence-corrected chi connectivity index (χ1v) is 9.56. The lowest BCUT2D eigenvalue weighted by Gasteiger charge is -2.19. The van der Waals surface area contributed by atoms with Gasteiger partial charge in [0.1, 0.15) is 5.76 Å². The van der Waals surface area contributed by atoms with Gasteiger partial charge in [0.15, 0.2) is 6.23 Å². The maximum absolute atomic E-state index is 12.5. The minimum absolute atomic E-state index is 0.342. The van der Waals surface area contributed by atoms with Crippen LogP contribution in [0, 0.1) is 0 Å². The van der Waals surface area contributed by atoms with Crippen LogP contribution in [0.1, 0.15) is 44.9 Å². The van der Waals surface area contributed by atoms with Crippen LogP contribution in [0.25, 0.3) is 0 Å². The molecular formula is C22H31F3N2O. The standard InChI is InChI=1S/C17H20F3NO.C5H11N/c1-4-8-15(12-11-13(2)17(18,19)20)22-16(21-3)14-9-6-5-7-10-14;1-2-4-6-5-3-1/h4-12,16,21H,1-3H3;6H,1-5H2/b8-4-,13-11+,15-12+;/t16-;/m0./s1. The van der Waals surface area contributed by atoms with Gasteiger partial charge in [-0.2, -0.15) is 13.2 Å². The topological polar surface area (TPSA) is 33.3 Å². The molecule has 156 valence electrons. The Morgan fingerprint density at radius 1 is 1.11 bits per heavy atom. The Hall–Kier alpha value is -2.05. The first-order valence-electron chi connectivity index (χ1n) is 9.56. The fourth-order valence-electron chi connectivity index (χ4n) is 2.46. The second-order valence-corrected chi connectivity index (χ2v) is 6.42. The first-order chi connectivity index (χ1) is 13.4. The van der Waals surface area contributed by atoms with Crippen LogP contribution in [0.15, 0.2) is 66.0 Å². The summed E-state index contributed by atoms with van der Waals surface area (Å²) in [6.45, 7) is 5.30. The average molecular weight is 396 g/mol. The number of piperidine rings is 1. The second-order valence-electron chi connectivity index (χ2n) is 6.42. The van der Waals surface area contributed by atoms with Crippen molar-refractivity contribution in [2.75, 3.05) is 20.1 Å². The van der Waals surface area contributed by atoms with Crippen molar-refractivity contribution >= 4 is 0 Å². The summed E-state index contributed by atoms with van der Waals surface area (Å²) in [5.41, 5.74) is 0.204. The average Bonchev–Trinajstić information content (AvgIpc) is 2.71. The third kappa shape index (κ3) is 9.76.